The fourth-order valence-electron chi connectivity index (χ4n) is 3.19. The van der Waals surface area contributed by atoms with Crippen molar-refractivity contribution in [1.29, 1.82) is 0 Å². The molecule has 1 fully saturated rings. The zero-order valence-corrected chi connectivity index (χ0v) is 17.9. The lowest BCUT2D eigenvalue weighted by Crippen LogP contribution is -3.15. The lowest BCUT2D eigenvalue weighted by Gasteiger charge is -2.32. The normalized spacial score (nSPS) is 15.3. The Morgan fingerprint density at radius 1 is 1.14 bits per heavy atom. The van der Waals surface area contributed by atoms with E-state index in [1.165, 1.54) is 35.2 Å². The van der Waals surface area contributed by atoms with Crippen molar-refractivity contribution in [1.82, 2.24) is 4.90 Å². The van der Waals surface area contributed by atoms with Crippen LogP contribution in [0.5, 0.6) is 0 Å². The minimum absolute atomic E-state index is 0.0380. The Labute approximate surface area is 179 Å². The summed E-state index contributed by atoms with van der Waals surface area (Å²) >= 11 is 12.0. The van der Waals surface area contributed by atoms with Crippen LogP contribution in [0.25, 0.3) is 0 Å². The molecule has 1 aliphatic heterocycles. The molecule has 1 heterocycles. The number of amides is 1. The van der Waals surface area contributed by atoms with Crippen molar-refractivity contribution in [2.45, 2.75) is 4.90 Å². The molecule has 0 aliphatic carbocycles. The second-order valence-corrected chi connectivity index (χ2v) is 9.30. The van der Waals surface area contributed by atoms with Gasteiger partial charge in [-0.15, -0.1) is 0 Å². The number of piperazine rings is 1. The number of halogens is 2. The molecule has 10 heteroatoms. The Bertz CT molecular complexity index is 993. The molecule has 1 amide bonds. The van der Waals surface area contributed by atoms with E-state index in [0.717, 1.165) is 13.1 Å². The smallest absolute Gasteiger partial charge is 0.261 e. The molecule has 1 aliphatic rings. The number of aliphatic hydroxyl groups is 1. The van der Waals surface area contributed by atoms with Crippen molar-refractivity contribution in [3.05, 3.63) is 58.1 Å². The van der Waals surface area contributed by atoms with Gasteiger partial charge in [-0.25, -0.2) is 8.42 Å². The van der Waals surface area contributed by atoms with E-state index < -0.39 is 10.0 Å². The van der Waals surface area contributed by atoms with Gasteiger partial charge in [0.25, 0.3) is 15.9 Å². The monoisotopic (exact) mass is 458 g/mol. The SMILES string of the molecule is O=C(c1cccc(S(=O)(=O)Nc2cc(Cl)ccc2Cl)c1)N1CC[NH+](CCO)CC1. The molecule has 0 unspecified atom stereocenters. The summed E-state index contributed by atoms with van der Waals surface area (Å²) in [7, 11) is -3.95. The fourth-order valence-corrected chi connectivity index (χ4v) is 4.70. The largest absolute Gasteiger partial charge is 0.391 e. The van der Waals surface area contributed by atoms with Gasteiger partial charge in [-0.2, -0.15) is 0 Å². The fraction of sp³-hybridized carbons (Fsp3) is 0.316. The average Bonchev–Trinajstić information content (AvgIpc) is 2.71. The molecule has 156 valence electrons. The summed E-state index contributed by atoms with van der Waals surface area (Å²) in [4.78, 5) is 15.7. The molecule has 29 heavy (non-hydrogen) atoms. The molecule has 0 aromatic heterocycles. The van der Waals surface area contributed by atoms with E-state index in [1.54, 1.807) is 17.0 Å². The number of hydrogen-bond acceptors (Lipinski definition) is 4. The highest BCUT2D eigenvalue weighted by Gasteiger charge is 2.25. The number of nitrogens with one attached hydrogen (secondary N) is 2. The number of carbonyl (C=O) groups excluding carboxylic acids is 1. The van der Waals surface area contributed by atoms with Gasteiger partial charge in [-0.1, -0.05) is 29.3 Å². The van der Waals surface area contributed by atoms with Gasteiger partial charge >= 0.3 is 0 Å². The van der Waals surface area contributed by atoms with Crippen molar-refractivity contribution in [2.75, 3.05) is 44.1 Å². The van der Waals surface area contributed by atoms with Crippen LogP contribution in [-0.4, -0.2) is 63.7 Å². The molecule has 0 saturated carbocycles. The molecule has 1 saturated heterocycles. The molecule has 2 aromatic rings. The lowest BCUT2D eigenvalue weighted by atomic mass is 10.2. The molecule has 0 spiro atoms. The first-order valence-corrected chi connectivity index (χ1v) is 11.4. The minimum atomic E-state index is -3.95. The molecular formula is C19H22Cl2N3O4S+. The van der Waals surface area contributed by atoms with E-state index in [-0.39, 0.29) is 28.1 Å². The van der Waals surface area contributed by atoms with Crippen LogP contribution in [0.1, 0.15) is 10.4 Å². The Hall–Kier alpha value is -1.84. The van der Waals surface area contributed by atoms with Crippen LogP contribution in [0.4, 0.5) is 5.69 Å². The topological polar surface area (TPSA) is 91.2 Å². The predicted molar refractivity (Wildman–Crippen MR) is 112 cm³/mol. The zero-order chi connectivity index (χ0) is 21.0. The Morgan fingerprint density at radius 3 is 2.55 bits per heavy atom. The highest BCUT2D eigenvalue weighted by molar-refractivity contribution is 7.92. The van der Waals surface area contributed by atoms with Gasteiger partial charge in [-0.3, -0.25) is 9.52 Å². The van der Waals surface area contributed by atoms with E-state index in [2.05, 4.69) is 4.72 Å². The number of carbonyl (C=O) groups is 1. The number of aliphatic hydroxyl groups excluding tert-OH is 1. The highest BCUT2D eigenvalue weighted by atomic mass is 35.5. The lowest BCUT2D eigenvalue weighted by molar-refractivity contribution is -0.904. The van der Waals surface area contributed by atoms with Gasteiger partial charge in [0.2, 0.25) is 0 Å². The highest BCUT2D eigenvalue weighted by Crippen LogP contribution is 2.28. The van der Waals surface area contributed by atoms with Gasteiger partial charge in [0.05, 0.1) is 48.4 Å². The summed E-state index contributed by atoms with van der Waals surface area (Å²) in [5.74, 6) is -0.217. The van der Waals surface area contributed by atoms with Crippen molar-refractivity contribution in [2.24, 2.45) is 0 Å². The summed E-state index contributed by atoms with van der Waals surface area (Å²) in [6.45, 7) is 3.39. The third-order valence-electron chi connectivity index (χ3n) is 4.79. The third kappa shape index (κ3) is 5.40. The first kappa shape index (κ1) is 21.9. The Balaban J connectivity index is 1.76. The maximum atomic E-state index is 12.8. The van der Waals surface area contributed by atoms with Crippen LogP contribution >= 0.6 is 23.2 Å². The molecule has 7 nitrogen and oxygen atoms in total. The molecule has 3 N–H and O–H groups in total. The molecule has 2 aromatic carbocycles. The summed E-state index contributed by atoms with van der Waals surface area (Å²) in [5.41, 5.74) is 0.467. The van der Waals surface area contributed by atoms with E-state index in [1.807, 2.05) is 0 Å². The van der Waals surface area contributed by atoms with E-state index in [0.29, 0.717) is 30.2 Å². The molecule has 0 bridgehead atoms. The number of anilines is 1. The molecule has 0 atom stereocenters. The number of nitrogens with zero attached hydrogens (tertiary/aromatic N) is 1. The molecule has 0 radical (unpaired) electrons. The van der Waals surface area contributed by atoms with Gasteiger partial charge in [0.1, 0.15) is 6.54 Å². The summed E-state index contributed by atoms with van der Waals surface area (Å²) in [5, 5.41) is 9.60. The quantitative estimate of drug-likeness (QED) is 0.604. The Kier molecular flexibility index (Phi) is 7.02. The van der Waals surface area contributed by atoms with E-state index >= 15 is 0 Å². The average molecular weight is 459 g/mol. The van der Waals surface area contributed by atoms with Crippen LogP contribution in [0.3, 0.4) is 0 Å². The maximum Gasteiger partial charge on any atom is 0.261 e. The van der Waals surface area contributed by atoms with E-state index in [9.17, 15) is 13.2 Å². The number of rotatable bonds is 6. The van der Waals surface area contributed by atoms with Gasteiger partial charge in [0, 0.05) is 10.6 Å². The predicted octanol–water partition coefficient (Wildman–Crippen LogP) is 1.13. The summed E-state index contributed by atoms with van der Waals surface area (Å²) in [6.07, 6.45) is 0. The summed E-state index contributed by atoms with van der Waals surface area (Å²) in [6, 6.07) is 10.4. The van der Waals surface area contributed by atoms with Gasteiger partial charge in [-0.05, 0) is 36.4 Å². The van der Waals surface area contributed by atoms with Crippen molar-refractivity contribution in [3.8, 4) is 0 Å². The van der Waals surface area contributed by atoms with Crippen LogP contribution in [0.15, 0.2) is 47.4 Å². The molecular weight excluding hydrogens is 437 g/mol. The van der Waals surface area contributed by atoms with Crippen molar-refractivity contribution < 1.29 is 23.2 Å². The van der Waals surface area contributed by atoms with Crippen molar-refractivity contribution in [3.63, 3.8) is 0 Å². The zero-order valence-electron chi connectivity index (χ0n) is 15.6. The first-order chi connectivity index (χ1) is 13.8. The van der Waals surface area contributed by atoms with Crippen LogP contribution in [0, 0.1) is 0 Å². The Morgan fingerprint density at radius 2 is 1.86 bits per heavy atom. The first-order valence-electron chi connectivity index (χ1n) is 9.12. The second kappa shape index (κ2) is 9.32. The molecule has 3 rings (SSSR count). The van der Waals surface area contributed by atoms with Gasteiger partial charge in [0.15, 0.2) is 0 Å². The van der Waals surface area contributed by atoms with Crippen LogP contribution in [0.2, 0.25) is 10.0 Å². The van der Waals surface area contributed by atoms with Gasteiger partial charge < -0.3 is 14.9 Å². The second-order valence-electron chi connectivity index (χ2n) is 6.77. The minimum Gasteiger partial charge on any atom is -0.391 e. The number of sulfonamides is 1. The number of hydrogen-bond donors (Lipinski definition) is 3. The van der Waals surface area contributed by atoms with Crippen molar-refractivity contribution >= 4 is 44.8 Å². The summed E-state index contributed by atoms with van der Waals surface area (Å²) < 4.78 is 27.9. The van der Waals surface area contributed by atoms with Crippen LogP contribution < -0.4 is 9.62 Å². The standard InChI is InChI=1S/C19H21Cl2N3O4S/c20-15-4-5-17(21)18(13-15)22-29(27,28)16-3-1-2-14(12-16)19(26)24-8-6-23(7-9-24)10-11-25/h1-5,12-13,22,25H,6-11H2/p+1. The third-order valence-corrected chi connectivity index (χ3v) is 6.71. The maximum absolute atomic E-state index is 12.8. The van der Waals surface area contributed by atoms with Crippen LogP contribution in [-0.2, 0) is 10.0 Å². The van der Waals surface area contributed by atoms with E-state index in [4.69, 9.17) is 28.3 Å². The number of quaternary nitrogens is 1. The number of benzene rings is 2.